The van der Waals surface area contributed by atoms with Gasteiger partial charge in [-0.05, 0) is 17.0 Å². The Morgan fingerprint density at radius 1 is 1.10 bits per heavy atom. The first-order valence-electron chi connectivity index (χ1n) is 6.57. The number of nitrogens with zero attached hydrogens (tertiary/aromatic N) is 2. The topological polar surface area (TPSA) is 70.7 Å². The zero-order valence-corrected chi connectivity index (χ0v) is 12.1. The van der Waals surface area contributed by atoms with Crippen molar-refractivity contribution in [2.75, 3.05) is 5.32 Å². The largest absolute Gasteiger partial charge is 0.350 e. The minimum absolute atomic E-state index is 0.200. The SMILES string of the molecule is O=c1[nH]c(NCc2ccccc2)nnc1Cc1cccs1. The fourth-order valence-electron chi connectivity index (χ4n) is 1.92. The number of hydrogen-bond acceptors (Lipinski definition) is 5. The van der Waals surface area contributed by atoms with E-state index in [9.17, 15) is 4.79 Å². The normalized spacial score (nSPS) is 10.5. The van der Waals surface area contributed by atoms with Crippen LogP contribution in [0.3, 0.4) is 0 Å². The van der Waals surface area contributed by atoms with Gasteiger partial charge in [-0.3, -0.25) is 9.78 Å². The molecule has 0 spiro atoms. The van der Waals surface area contributed by atoms with Crippen LogP contribution in [0.15, 0.2) is 52.6 Å². The van der Waals surface area contributed by atoms with Crippen LogP contribution in [0.4, 0.5) is 5.95 Å². The van der Waals surface area contributed by atoms with Crippen LogP contribution in [0.25, 0.3) is 0 Å². The van der Waals surface area contributed by atoms with E-state index in [0.717, 1.165) is 10.4 Å². The lowest BCUT2D eigenvalue weighted by Crippen LogP contribution is -2.19. The second-order valence-electron chi connectivity index (χ2n) is 4.54. The van der Waals surface area contributed by atoms with E-state index < -0.39 is 0 Å². The predicted molar refractivity (Wildman–Crippen MR) is 83.5 cm³/mol. The molecule has 0 unspecified atom stereocenters. The molecule has 0 saturated carbocycles. The average Bonchev–Trinajstić information content (AvgIpc) is 3.02. The second kappa shape index (κ2) is 6.32. The molecule has 0 radical (unpaired) electrons. The third kappa shape index (κ3) is 3.55. The Bertz CT molecular complexity index is 753. The Kier molecular flexibility index (Phi) is 4.07. The summed E-state index contributed by atoms with van der Waals surface area (Å²) in [6, 6.07) is 13.8. The number of aromatic amines is 1. The molecule has 0 amide bonds. The van der Waals surface area contributed by atoms with Gasteiger partial charge in [0.15, 0.2) is 0 Å². The third-order valence-electron chi connectivity index (χ3n) is 2.99. The molecular formula is C15H14N4OS. The van der Waals surface area contributed by atoms with Gasteiger partial charge in [-0.15, -0.1) is 21.5 Å². The van der Waals surface area contributed by atoms with Crippen LogP contribution in [-0.4, -0.2) is 15.2 Å². The highest BCUT2D eigenvalue weighted by molar-refractivity contribution is 7.09. The van der Waals surface area contributed by atoms with Gasteiger partial charge in [-0.25, -0.2) is 0 Å². The first kappa shape index (κ1) is 13.5. The average molecular weight is 298 g/mol. The molecule has 21 heavy (non-hydrogen) atoms. The Balaban J connectivity index is 1.68. The van der Waals surface area contributed by atoms with Crippen LogP contribution in [0.2, 0.25) is 0 Å². The van der Waals surface area contributed by atoms with E-state index >= 15 is 0 Å². The van der Waals surface area contributed by atoms with Crippen molar-refractivity contribution in [1.82, 2.24) is 15.2 Å². The summed E-state index contributed by atoms with van der Waals surface area (Å²) in [5, 5.41) is 13.1. The highest BCUT2D eigenvalue weighted by atomic mass is 32.1. The van der Waals surface area contributed by atoms with Crippen molar-refractivity contribution in [2.45, 2.75) is 13.0 Å². The first-order chi connectivity index (χ1) is 10.3. The Morgan fingerprint density at radius 3 is 2.67 bits per heavy atom. The lowest BCUT2D eigenvalue weighted by atomic mass is 10.2. The highest BCUT2D eigenvalue weighted by Crippen LogP contribution is 2.11. The summed E-state index contributed by atoms with van der Waals surface area (Å²) in [6.45, 7) is 0.593. The molecule has 2 aromatic heterocycles. The molecule has 0 bridgehead atoms. The van der Waals surface area contributed by atoms with Crippen LogP contribution < -0.4 is 10.9 Å². The standard InChI is InChI=1S/C15H14N4OS/c20-14-13(9-12-7-4-8-21-12)18-19-15(17-14)16-10-11-5-2-1-3-6-11/h1-8H,9-10H2,(H2,16,17,19,20). The second-order valence-corrected chi connectivity index (χ2v) is 5.58. The maximum atomic E-state index is 12.0. The summed E-state index contributed by atoms with van der Waals surface area (Å²) < 4.78 is 0. The van der Waals surface area contributed by atoms with E-state index in [1.807, 2.05) is 47.8 Å². The molecule has 0 atom stereocenters. The van der Waals surface area contributed by atoms with E-state index in [0.29, 0.717) is 24.6 Å². The van der Waals surface area contributed by atoms with Crippen LogP contribution in [-0.2, 0) is 13.0 Å². The fraction of sp³-hybridized carbons (Fsp3) is 0.133. The number of hydrogen-bond donors (Lipinski definition) is 2. The zero-order valence-electron chi connectivity index (χ0n) is 11.2. The van der Waals surface area contributed by atoms with Gasteiger partial charge in [-0.1, -0.05) is 36.4 Å². The van der Waals surface area contributed by atoms with Crippen molar-refractivity contribution in [3.8, 4) is 0 Å². The van der Waals surface area contributed by atoms with Crippen molar-refractivity contribution in [2.24, 2.45) is 0 Å². The summed E-state index contributed by atoms with van der Waals surface area (Å²) in [5.74, 6) is 0.388. The van der Waals surface area contributed by atoms with E-state index in [1.54, 1.807) is 11.3 Å². The molecule has 0 aliphatic carbocycles. The number of rotatable bonds is 5. The molecular weight excluding hydrogens is 284 g/mol. The van der Waals surface area contributed by atoms with E-state index in [-0.39, 0.29) is 5.56 Å². The Labute approximate surface area is 125 Å². The van der Waals surface area contributed by atoms with Gasteiger partial charge >= 0.3 is 0 Å². The number of nitrogens with one attached hydrogen (secondary N) is 2. The minimum Gasteiger partial charge on any atom is -0.350 e. The lowest BCUT2D eigenvalue weighted by molar-refractivity contribution is 0.863. The maximum Gasteiger partial charge on any atom is 0.274 e. The van der Waals surface area contributed by atoms with Crippen molar-refractivity contribution >= 4 is 17.3 Å². The summed E-state index contributed by atoms with van der Waals surface area (Å²) in [7, 11) is 0. The number of thiophene rings is 1. The van der Waals surface area contributed by atoms with Crippen LogP contribution in [0.1, 0.15) is 16.1 Å². The monoisotopic (exact) mass is 298 g/mol. The number of anilines is 1. The van der Waals surface area contributed by atoms with Crippen LogP contribution in [0.5, 0.6) is 0 Å². The van der Waals surface area contributed by atoms with Crippen molar-refractivity contribution < 1.29 is 0 Å². The van der Waals surface area contributed by atoms with Gasteiger partial charge in [0.05, 0.1) is 0 Å². The van der Waals surface area contributed by atoms with Crippen molar-refractivity contribution in [3.05, 3.63) is 74.3 Å². The molecule has 3 aromatic rings. The summed E-state index contributed by atoms with van der Waals surface area (Å²) in [5.41, 5.74) is 1.35. The number of aromatic nitrogens is 3. The molecule has 1 aromatic carbocycles. The first-order valence-corrected chi connectivity index (χ1v) is 7.45. The molecule has 0 aliphatic heterocycles. The highest BCUT2D eigenvalue weighted by Gasteiger charge is 2.06. The van der Waals surface area contributed by atoms with Crippen LogP contribution in [0, 0.1) is 0 Å². The Morgan fingerprint density at radius 2 is 1.95 bits per heavy atom. The third-order valence-corrected chi connectivity index (χ3v) is 3.87. The summed E-state index contributed by atoms with van der Waals surface area (Å²) in [6.07, 6.45) is 0.513. The molecule has 3 rings (SSSR count). The van der Waals surface area contributed by atoms with Gasteiger partial charge in [0.2, 0.25) is 5.95 Å². The van der Waals surface area contributed by atoms with Crippen LogP contribution >= 0.6 is 11.3 Å². The number of benzene rings is 1. The zero-order chi connectivity index (χ0) is 14.5. The quantitative estimate of drug-likeness (QED) is 0.759. The molecule has 0 fully saturated rings. The van der Waals surface area contributed by atoms with Gasteiger partial charge in [0.25, 0.3) is 5.56 Å². The molecule has 2 heterocycles. The summed E-state index contributed by atoms with van der Waals surface area (Å²) >= 11 is 1.60. The number of H-pyrrole nitrogens is 1. The molecule has 106 valence electrons. The molecule has 0 saturated heterocycles. The lowest BCUT2D eigenvalue weighted by Gasteiger charge is -2.05. The Hall–Kier alpha value is -2.47. The molecule has 6 heteroatoms. The predicted octanol–water partition coefficient (Wildman–Crippen LogP) is 2.43. The summed E-state index contributed by atoms with van der Waals surface area (Å²) in [4.78, 5) is 15.8. The van der Waals surface area contributed by atoms with E-state index in [1.165, 1.54) is 0 Å². The molecule has 2 N–H and O–H groups in total. The van der Waals surface area contributed by atoms with E-state index in [4.69, 9.17) is 0 Å². The van der Waals surface area contributed by atoms with E-state index in [2.05, 4.69) is 20.5 Å². The van der Waals surface area contributed by atoms with Crippen molar-refractivity contribution in [3.63, 3.8) is 0 Å². The maximum absolute atomic E-state index is 12.0. The van der Waals surface area contributed by atoms with Gasteiger partial charge < -0.3 is 5.32 Å². The fourth-order valence-corrected chi connectivity index (χ4v) is 2.62. The van der Waals surface area contributed by atoms with Crippen molar-refractivity contribution in [1.29, 1.82) is 0 Å². The smallest absolute Gasteiger partial charge is 0.274 e. The molecule has 5 nitrogen and oxygen atoms in total. The molecule has 0 aliphatic rings. The minimum atomic E-state index is -0.200. The van der Waals surface area contributed by atoms with Gasteiger partial charge in [-0.2, -0.15) is 0 Å². The van der Waals surface area contributed by atoms with Gasteiger partial charge in [0, 0.05) is 17.8 Å². The van der Waals surface area contributed by atoms with Gasteiger partial charge in [0.1, 0.15) is 5.69 Å².